The van der Waals surface area contributed by atoms with Crippen LogP contribution in [0.3, 0.4) is 0 Å². The Morgan fingerprint density at radius 2 is 1.94 bits per heavy atom. The summed E-state index contributed by atoms with van der Waals surface area (Å²) in [4.78, 5) is 28.6. The van der Waals surface area contributed by atoms with Crippen LogP contribution in [-0.2, 0) is 0 Å². The summed E-state index contributed by atoms with van der Waals surface area (Å²) in [5.41, 5.74) is 0.665. The second-order valence-electron chi connectivity index (χ2n) is 7.08. The van der Waals surface area contributed by atoms with Crippen LogP contribution in [0.5, 0.6) is 11.5 Å². The van der Waals surface area contributed by atoms with Crippen molar-refractivity contribution in [3.8, 4) is 11.5 Å². The first-order valence-corrected chi connectivity index (χ1v) is 10.7. The van der Waals surface area contributed by atoms with Gasteiger partial charge in [-0.1, -0.05) is 35.1 Å². The van der Waals surface area contributed by atoms with E-state index < -0.39 is 11.9 Å². The number of rotatable bonds is 4. The maximum Gasteiger partial charge on any atom is 0.297 e. The van der Waals surface area contributed by atoms with Crippen LogP contribution in [0, 0.1) is 6.92 Å². The van der Waals surface area contributed by atoms with Crippen molar-refractivity contribution in [2.24, 2.45) is 0 Å². The molecule has 0 aliphatic carbocycles. The summed E-state index contributed by atoms with van der Waals surface area (Å²) in [5, 5.41) is 9.89. The molecule has 32 heavy (non-hydrogen) atoms. The number of carbonyl (C=O) groups excluding carboxylic acids is 1. The molecule has 1 aliphatic heterocycles. The summed E-state index contributed by atoms with van der Waals surface area (Å²) in [7, 11) is 3.02. The van der Waals surface area contributed by atoms with Gasteiger partial charge in [-0.15, -0.1) is 10.2 Å². The highest BCUT2D eigenvalue weighted by atomic mass is 35.5. The fraction of sp³-hybridized carbons (Fsp3) is 0.182. The van der Waals surface area contributed by atoms with Gasteiger partial charge >= 0.3 is 0 Å². The number of hydrogen-bond donors (Lipinski definition) is 0. The Morgan fingerprint density at radius 1 is 1.12 bits per heavy atom. The first kappa shape index (κ1) is 20.5. The third-order valence-corrected chi connectivity index (χ3v) is 6.35. The molecule has 0 saturated carbocycles. The summed E-state index contributed by atoms with van der Waals surface area (Å²) in [6.07, 6.45) is 0. The standard InChI is InChI=1S/C22H16ClN3O5S/c1-10-24-25-22(32-10)26-17(12-5-4-6-15(29-2)19(12)30-3)16-18(27)13-9-11(23)7-8-14(13)31-20(16)21(26)28/h4-9,17H,1-3H3. The number of aromatic nitrogens is 2. The summed E-state index contributed by atoms with van der Waals surface area (Å²) in [5.74, 6) is 0.331. The van der Waals surface area contributed by atoms with Crippen LogP contribution in [-0.4, -0.2) is 30.3 Å². The average molecular weight is 470 g/mol. The van der Waals surface area contributed by atoms with Gasteiger partial charge in [-0.05, 0) is 31.2 Å². The number of para-hydroxylation sites is 1. The maximum atomic E-state index is 13.6. The third kappa shape index (κ3) is 2.96. The van der Waals surface area contributed by atoms with Gasteiger partial charge in [0, 0.05) is 10.6 Å². The van der Waals surface area contributed by atoms with Crippen molar-refractivity contribution in [1.82, 2.24) is 10.2 Å². The van der Waals surface area contributed by atoms with E-state index in [2.05, 4.69) is 10.2 Å². The average Bonchev–Trinajstić information content (AvgIpc) is 3.34. The first-order chi connectivity index (χ1) is 15.4. The van der Waals surface area contributed by atoms with E-state index >= 15 is 0 Å². The number of methoxy groups -OCH3 is 2. The summed E-state index contributed by atoms with van der Waals surface area (Å²) >= 11 is 7.37. The van der Waals surface area contributed by atoms with E-state index in [0.29, 0.717) is 32.2 Å². The lowest BCUT2D eigenvalue weighted by Gasteiger charge is -2.24. The van der Waals surface area contributed by atoms with Crippen molar-refractivity contribution in [2.45, 2.75) is 13.0 Å². The molecule has 2 aromatic heterocycles. The molecule has 3 heterocycles. The SMILES string of the molecule is COc1cccc(C2c3c(oc4ccc(Cl)cc4c3=O)C(=O)N2c2nnc(C)s2)c1OC. The minimum absolute atomic E-state index is 0.0486. The molecule has 1 amide bonds. The van der Waals surface area contributed by atoms with Gasteiger partial charge in [0.25, 0.3) is 5.91 Å². The van der Waals surface area contributed by atoms with E-state index in [1.165, 1.54) is 36.5 Å². The fourth-order valence-electron chi connectivity index (χ4n) is 3.95. The molecule has 162 valence electrons. The second-order valence-corrected chi connectivity index (χ2v) is 8.68. The highest BCUT2D eigenvalue weighted by Gasteiger charge is 2.46. The Balaban J connectivity index is 1.86. The molecular formula is C22H16ClN3O5S. The van der Waals surface area contributed by atoms with E-state index in [-0.39, 0.29) is 27.7 Å². The van der Waals surface area contributed by atoms with Crippen LogP contribution >= 0.6 is 22.9 Å². The monoisotopic (exact) mass is 469 g/mol. The molecule has 0 radical (unpaired) electrons. The minimum atomic E-state index is -0.852. The molecule has 5 rings (SSSR count). The van der Waals surface area contributed by atoms with Crippen molar-refractivity contribution in [1.29, 1.82) is 0 Å². The van der Waals surface area contributed by atoms with Crippen molar-refractivity contribution < 1.29 is 18.7 Å². The van der Waals surface area contributed by atoms with Crippen LogP contribution in [0.4, 0.5) is 5.13 Å². The van der Waals surface area contributed by atoms with Gasteiger partial charge in [-0.2, -0.15) is 0 Å². The van der Waals surface area contributed by atoms with Gasteiger partial charge in [-0.3, -0.25) is 14.5 Å². The highest BCUT2D eigenvalue weighted by Crippen LogP contribution is 2.46. The predicted molar refractivity (Wildman–Crippen MR) is 120 cm³/mol. The number of fused-ring (bicyclic) bond motifs is 2. The molecule has 4 aromatic rings. The molecule has 2 aromatic carbocycles. The zero-order valence-electron chi connectivity index (χ0n) is 17.2. The number of benzene rings is 2. The van der Waals surface area contributed by atoms with Crippen LogP contribution in [0.25, 0.3) is 11.0 Å². The molecule has 8 nitrogen and oxygen atoms in total. The van der Waals surface area contributed by atoms with Gasteiger partial charge in [0.1, 0.15) is 16.6 Å². The van der Waals surface area contributed by atoms with E-state index in [9.17, 15) is 9.59 Å². The number of ether oxygens (including phenoxy) is 2. The van der Waals surface area contributed by atoms with Gasteiger partial charge < -0.3 is 13.9 Å². The fourth-order valence-corrected chi connectivity index (χ4v) is 4.83. The normalized spacial score (nSPS) is 15.3. The van der Waals surface area contributed by atoms with Crippen molar-refractivity contribution in [3.05, 3.63) is 73.5 Å². The first-order valence-electron chi connectivity index (χ1n) is 9.55. The second kappa shape index (κ2) is 7.61. The quantitative estimate of drug-likeness (QED) is 0.438. The molecule has 1 unspecified atom stereocenters. The molecule has 0 spiro atoms. The number of nitrogens with zero attached hydrogens (tertiary/aromatic N) is 3. The molecule has 0 saturated heterocycles. The number of aryl methyl sites for hydroxylation is 1. The van der Waals surface area contributed by atoms with Crippen LogP contribution in [0.15, 0.2) is 45.6 Å². The van der Waals surface area contributed by atoms with Crippen molar-refractivity contribution >= 4 is 44.9 Å². The summed E-state index contributed by atoms with van der Waals surface area (Å²) < 4.78 is 17.0. The predicted octanol–water partition coefficient (Wildman–Crippen LogP) is 4.37. The molecule has 0 N–H and O–H groups in total. The molecule has 0 bridgehead atoms. The summed E-state index contributed by atoms with van der Waals surface area (Å²) in [6.45, 7) is 1.79. The Morgan fingerprint density at radius 3 is 2.62 bits per heavy atom. The number of carbonyl (C=O) groups is 1. The number of amides is 1. The van der Waals surface area contributed by atoms with E-state index in [4.69, 9.17) is 25.5 Å². The lowest BCUT2D eigenvalue weighted by Crippen LogP contribution is -2.29. The number of anilines is 1. The Labute approximate surface area is 191 Å². The van der Waals surface area contributed by atoms with Gasteiger partial charge in [0.05, 0.1) is 25.2 Å². The molecule has 10 heteroatoms. The topological polar surface area (TPSA) is 94.8 Å². The van der Waals surface area contributed by atoms with Crippen LogP contribution < -0.4 is 19.8 Å². The zero-order chi connectivity index (χ0) is 22.6. The summed E-state index contributed by atoms with van der Waals surface area (Å²) in [6, 6.07) is 9.14. The van der Waals surface area contributed by atoms with Gasteiger partial charge in [0.2, 0.25) is 10.9 Å². The van der Waals surface area contributed by atoms with Gasteiger partial charge in [-0.25, -0.2) is 0 Å². The Kier molecular flexibility index (Phi) is 4.87. The Bertz CT molecular complexity index is 1450. The molecule has 0 fully saturated rings. The van der Waals surface area contributed by atoms with Gasteiger partial charge in [0.15, 0.2) is 16.9 Å². The third-order valence-electron chi connectivity index (χ3n) is 5.28. The van der Waals surface area contributed by atoms with Crippen molar-refractivity contribution in [2.75, 3.05) is 19.1 Å². The lowest BCUT2D eigenvalue weighted by atomic mass is 9.97. The van der Waals surface area contributed by atoms with Crippen molar-refractivity contribution in [3.63, 3.8) is 0 Å². The smallest absolute Gasteiger partial charge is 0.297 e. The number of hydrogen-bond acceptors (Lipinski definition) is 8. The minimum Gasteiger partial charge on any atom is -0.493 e. The number of halogens is 1. The molecular weight excluding hydrogens is 454 g/mol. The van der Waals surface area contributed by atoms with Crippen LogP contribution in [0.1, 0.15) is 32.7 Å². The largest absolute Gasteiger partial charge is 0.493 e. The Hall–Kier alpha value is -3.43. The van der Waals surface area contributed by atoms with E-state index in [0.717, 1.165) is 0 Å². The highest BCUT2D eigenvalue weighted by molar-refractivity contribution is 7.15. The molecule has 1 atom stereocenters. The zero-order valence-corrected chi connectivity index (χ0v) is 18.8. The lowest BCUT2D eigenvalue weighted by molar-refractivity contribution is 0.0970. The maximum absolute atomic E-state index is 13.6. The van der Waals surface area contributed by atoms with E-state index in [1.54, 1.807) is 37.3 Å². The van der Waals surface area contributed by atoms with E-state index in [1.807, 2.05) is 0 Å². The van der Waals surface area contributed by atoms with Crippen LogP contribution in [0.2, 0.25) is 5.02 Å². The molecule has 1 aliphatic rings.